The van der Waals surface area contributed by atoms with Gasteiger partial charge < -0.3 is 15.0 Å². The van der Waals surface area contributed by atoms with Crippen LogP contribution in [0.25, 0.3) is 0 Å². The third kappa shape index (κ3) is 3.21. The summed E-state index contributed by atoms with van der Waals surface area (Å²) in [6, 6.07) is 13.2. The maximum absolute atomic E-state index is 12.9. The first kappa shape index (κ1) is 16.3. The molecular formula is C18H17ClN2O3. The fraction of sp³-hybridized carbons (Fsp3) is 0.222. The second kappa shape index (κ2) is 6.93. The zero-order chi connectivity index (χ0) is 17.1. The molecule has 1 aliphatic heterocycles. The number of rotatable bonds is 3. The molecule has 1 heterocycles. The molecule has 0 bridgehead atoms. The lowest BCUT2D eigenvalue weighted by molar-refractivity contribution is -0.128. The summed E-state index contributed by atoms with van der Waals surface area (Å²) in [5.41, 5.74) is 1.25. The largest absolute Gasteiger partial charge is 0.497 e. The average Bonchev–Trinajstić information content (AvgIpc) is 2.62. The van der Waals surface area contributed by atoms with Crippen molar-refractivity contribution in [2.24, 2.45) is 0 Å². The second-order valence-electron chi connectivity index (χ2n) is 5.47. The Bertz CT molecular complexity index is 744. The molecule has 0 aromatic heterocycles. The second-order valence-corrected chi connectivity index (χ2v) is 5.91. The van der Waals surface area contributed by atoms with Crippen LogP contribution in [0.2, 0.25) is 5.02 Å². The van der Waals surface area contributed by atoms with Crippen molar-refractivity contribution in [3.63, 3.8) is 0 Å². The Hall–Kier alpha value is -2.53. The molecule has 1 aliphatic rings. The first-order chi connectivity index (χ1) is 11.6. The van der Waals surface area contributed by atoms with Crippen LogP contribution in [0.1, 0.15) is 22.0 Å². The Balaban J connectivity index is 1.91. The number of halogens is 1. The highest BCUT2D eigenvalue weighted by atomic mass is 35.5. The summed E-state index contributed by atoms with van der Waals surface area (Å²) in [5.74, 6) is 0.301. The molecule has 5 nitrogen and oxygen atoms in total. The molecule has 0 spiro atoms. The van der Waals surface area contributed by atoms with Crippen LogP contribution in [-0.2, 0) is 4.79 Å². The third-order valence-corrected chi connectivity index (χ3v) is 4.25. The summed E-state index contributed by atoms with van der Waals surface area (Å²) in [5, 5.41) is 3.40. The van der Waals surface area contributed by atoms with E-state index in [4.69, 9.17) is 16.3 Å². The van der Waals surface area contributed by atoms with Crippen molar-refractivity contribution in [3.05, 3.63) is 64.7 Å². The van der Waals surface area contributed by atoms with Crippen LogP contribution >= 0.6 is 11.6 Å². The van der Waals surface area contributed by atoms with Crippen LogP contribution < -0.4 is 10.1 Å². The zero-order valence-corrected chi connectivity index (χ0v) is 13.9. The fourth-order valence-corrected chi connectivity index (χ4v) is 2.89. The van der Waals surface area contributed by atoms with Crippen molar-refractivity contribution in [1.29, 1.82) is 0 Å². The quantitative estimate of drug-likeness (QED) is 0.931. The summed E-state index contributed by atoms with van der Waals surface area (Å²) >= 11 is 5.92. The molecule has 2 aromatic carbocycles. The van der Waals surface area contributed by atoms with E-state index in [1.807, 2.05) is 0 Å². The van der Waals surface area contributed by atoms with E-state index >= 15 is 0 Å². The van der Waals surface area contributed by atoms with Gasteiger partial charge in [0.15, 0.2) is 0 Å². The highest BCUT2D eigenvalue weighted by Gasteiger charge is 2.34. The van der Waals surface area contributed by atoms with Gasteiger partial charge in [-0.05, 0) is 42.0 Å². The number of piperazine rings is 1. The molecule has 24 heavy (non-hydrogen) atoms. The highest BCUT2D eigenvalue weighted by molar-refractivity contribution is 6.30. The van der Waals surface area contributed by atoms with Crippen molar-refractivity contribution in [1.82, 2.24) is 10.2 Å². The van der Waals surface area contributed by atoms with Crippen molar-refractivity contribution < 1.29 is 14.3 Å². The molecule has 2 amide bonds. The topological polar surface area (TPSA) is 58.6 Å². The molecular weight excluding hydrogens is 328 g/mol. The average molecular weight is 345 g/mol. The summed E-state index contributed by atoms with van der Waals surface area (Å²) in [4.78, 5) is 26.8. The van der Waals surface area contributed by atoms with E-state index in [0.29, 0.717) is 29.4 Å². The van der Waals surface area contributed by atoms with Crippen LogP contribution in [0.5, 0.6) is 5.75 Å². The van der Waals surface area contributed by atoms with Gasteiger partial charge in [-0.3, -0.25) is 9.59 Å². The van der Waals surface area contributed by atoms with Gasteiger partial charge in [0.25, 0.3) is 5.91 Å². The minimum absolute atomic E-state index is 0.188. The maximum atomic E-state index is 12.9. The minimum Gasteiger partial charge on any atom is -0.497 e. The van der Waals surface area contributed by atoms with Gasteiger partial charge in [-0.15, -0.1) is 0 Å². The van der Waals surface area contributed by atoms with Gasteiger partial charge >= 0.3 is 0 Å². The van der Waals surface area contributed by atoms with Gasteiger partial charge in [0.05, 0.1) is 7.11 Å². The van der Waals surface area contributed by atoms with E-state index in [1.54, 1.807) is 60.5 Å². The number of nitrogens with zero attached hydrogens (tertiary/aromatic N) is 1. The number of benzene rings is 2. The smallest absolute Gasteiger partial charge is 0.254 e. The fourth-order valence-electron chi connectivity index (χ4n) is 2.76. The molecule has 6 heteroatoms. The highest BCUT2D eigenvalue weighted by Crippen LogP contribution is 2.26. The number of carbonyl (C=O) groups is 2. The SMILES string of the molecule is COc1ccc(C(=O)N2CCNC(=O)C2c2ccc(Cl)cc2)cc1. The first-order valence-corrected chi connectivity index (χ1v) is 7.96. The van der Waals surface area contributed by atoms with E-state index in [9.17, 15) is 9.59 Å². The number of carbonyl (C=O) groups excluding carboxylic acids is 2. The summed E-state index contributed by atoms with van der Waals surface area (Å²) < 4.78 is 5.11. The van der Waals surface area contributed by atoms with E-state index < -0.39 is 6.04 Å². The standard InChI is InChI=1S/C18H17ClN2O3/c1-24-15-8-4-13(5-9-15)18(23)21-11-10-20-17(22)16(21)12-2-6-14(19)7-3-12/h2-9,16H,10-11H2,1H3,(H,20,22). The summed E-state index contributed by atoms with van der Waals surface area (Å²) in [6.45, 7) is 0.884. The molecule has 1 atom stereocenters. The van der Waals surface area contributed by atoms with Crippen molar-refractivity contribution in [2.75, 3.05) is 20.2 Å². The molecule has 0 aliphatic carbocycles. The molecule has 1 saturated heterocycles. The van der Waals surface area contributed by atoms with Gasteiger partial charge in [-0.25, -0.2) is 0 Å². The molecule has 0 radical (unpaired) electrons. The van der Waals surface area contributed by atoms with Crippen molar-refractivity contribution in [2.45, 2.75) is 6.04 Å². The van der Waals surface area contributed by atoms with Gasteiger partial charge in [0.1, 0.15) is 11.8 Å². The molecule has 124 valence electrons. The molecule has 1 N–H and O–H groups in total. The first-order valence-electron chi connectivity index (χ1n) is 7.58. The van der Waals surface area contributed by atoms with E-state index in [1.165, 1.54) is 0 Å². The maximum Gasteiger partial charge on any atom is 0.254 e. The van der Waals surface area contributed by atoms with Crippen molar-refractivity contribution in [3.8, 4) is 5.75 Å². The molecule has 1 unspecified atom stereocenters. The number of nitrogens with one attached hydrogen (secondary N) is 1. The van der Waals surface area contributed by atoms with Crippen molar-refractivity contribution >= 4 is 23.4 Å². The predicted octanol–water partition coefficient (Wildman–Crippen LogP) is 2.66. The monoisotopic (exact) mass is 344 g/mol. The number of hydrogen-bond acceptors (Lipinski definition) is 3. The lowest BCUT2D eigenvalue weighted by Crippen LogP contribution is -2.52. The lowest BCUT2D eigenvalue weighted by Gasteiger charge is -2.35. The minimum atomic E-state index is -0.661. The number of amides is 2. The number of ether oxygens (including phenoxy) is 1. The Morgan fingerprint density at radius 3 is 2.46 bits per heavy atom. The molecule has 0 saturated carbocycles. The third-order valence-electron chi connectivity index (χ3n) is 4.00. The van der Waals surface area contributed by atoms with Crippen LogP contribution in [0.4, 0.5) is 0 Å². The Labute approximate surface area is 145 Å². The van der Waals surface area contributed by atoms with Gasteiger partial charge in [-0.1, -0.05) is 23.7 Å². The van der Waals surface area contributed by atoms with Gasteiger partial charge in [0.2, 0.25) is 5.91 Å². The Morgan fingerprint density at radius 1 is 1.17 bits per heavy atom. The number of methoxy groups -OCH3 is 1. The number of hydrogen-bond donors (Lipinski definition) is 1. The normalized spacial score (nSPS) is 17.3. The lowest BCUT2D eigenvalue weighted by atomic mass is 10.0. The van der Waals surface area contributed by atoms with Crippen LogP contribution in [-0.4, -0.2) is 36.9 Å². The van der Waals surface area contributed by atoms with Crippen LogP contribution in [0, 0.1) is 0 Å². The van der Waals surface area contributed by atoms with Crippen LogP contribution in [0.3, 0.4) is 0 Å². The summed E-state index contributed by atoms with van der Waals surface area (Å²) in [6.07, 6.45) is 0. The van der Waals surface area contributed by atoms with Gasteiger partial charge in [-0.2, -0.15) is 0 Å². The summed E-state index contributed by atoms with van der Waals surface area (Å²) in [7, 11) is 1.57. The Morgan fingerprint density at radius 2 is 1.83 bits per heavy atom. The zero-order valence-electron chi connectivity index (χ0n) is 13.2. The van der Waals surface area contributed by atoms with Gasteiger partial charge in [0, 0.05) is 23.7 Å². The Kier molecular flexibility index (Phi) is 4.71. The van der Waals surface area contributed by atoms with E-state index in [-0.39, 0.29) is 11.8 Å². The molecule has 3 rings (SSSR count). The predicted molar refractivity (Wildman–Crippen MR) is 91.2 cm³/mol. The molecule has 1 fully saturated rings. The molecule has 2 aromatic rings. The van der Waals surface area contributed by atoms with E-state index in [0.717, 1.165) is 5.56 Å². The van der Waals surface area contributed by atoms with Crippen LogP contribution in [0.15, 0.2) is 48.5 Å². The van der Waals surface area contributed by atoms with E-state index in [2.05, 4.69) is 5.32 Å².